The van der Waals surface area contributed by atoms with E-state index in [1.807, 2.05) is 12.1 Å². The monoisotopic (exact) mass is 314 g/mol. The minimum atomic E-state index is 0.416. The summed E-state index contributed by atoms with van der Waals surface area (Å²) < 4.78 is 17.0. The molecule has 0 N–H and O–H groups in total. The molecule has 0 aliphatic heterocycles. The van der Waals surface area contributed by atoms with Gasteiger partial charge in [-0.3, -0.25) is 0 Å². The molecule has 0 unspecified atom stereocenters. The molecule has 0 spiro atoms. The molecule has 0 aromatic heterocycles. The average Bonchev–Trinajstić information content (AvgIpc) is 2.52. The first-order chi connectivity index (χ1) is 11.1. The number of hydrogen-bond acceptors (Lipinski definition) is 3. The van der Waals surface area contributed by atoms with Crippen LogP contribution >= 0.6 is 0 Å². The number of benzene rings is 1. The molecule has 124 valence electrons. The van der Waals surface area contributed by atoms with Crippen LogP contribution in [0.4, 0.5) is 0 Å². The Labute approximate surface area is 139 Å². The Morgan fingerprint density at radius 1 is 0.913 bits per heavy atom. The first-order valence-corrected chi connectivity index (χ1v) is 7.60. The summed E-state index contributed by atoms with van der Waals surface area (Å²) >= 11 is 0. The quantitative estimate of drug-likeness (QED) is 0.427. The second-order valence-corrected chi connectivity index (χ2v) is 5.22. The van der Waals surface area contributed by atoms with Crippen molar-refractivity contribution in [3.63, 3.8) is 0 Å². The molecular formula is C20H26O3. The van der Waals surface area contributed by atoms with E-state index in [9.17, 15) is 0 Å². The van der Waals surface area contributed by atoms with E-state index >= 15 is 0 Å². The van der Waals surface area contributed by atoms with E-state index < -0.39 is 0 Å². The van der Waals surface area contributed by atoms with Crippen LogP contribution in [0.5, 0.6) is 11.5 Å². The first-order valence-electron chi connectivity index (χ1n) is 7.60. The highest BCUT2D eigenvalue weighted by molar-refractivity contribution is 5.61. The largest absolute Gasteiger partial charge is 0.486 e. The minimum absolute atomic E-state index is 0.416. The van der Waals surface area contributed by atoms with Crippen LogP contribution in [-0.4, -0.2) is 19.8 Å². The van der Waals surface area contributed by atoms with Gasteiger partial charge in [-0.25, -0.2) is 0 Å². The van der Waals surface area contributed by atoms with Gasteiger partial charge in [0.05, 0.1) is 13.2 Å². The van der Waals surface area contributed by atoms with Crippen LogP contribution in [0.3, 0.4) is 0 Å². The van der Waals surface area contributed by atoms with E-state index in [0.29, 0.717) is 37.9 Å². The molecule has 0 aliphatic rings. The molecule has 0 amide bonds. The van der Waals surface area contributed by atoms with E-state index in [4.69, 9.17) is 14.2 Å². The molecule has 0 fully saturated rings. The molecule has 0 radical (unpaired) electrons. The van der Waals surface area contributed by atoms with Crippen LogP contribution in [0.15, 0.2) is 55.7 Å². The fraction of sp³-hybridized carbons (Fsp3) is 0.300. The summed E-state index contributed by atoms with van der Waals surface area (Å²) in [5, 5.41) is 0. The van der Waals surface area contributed by atoms with Crippen molar-refractivity contribution in [1.29, 1.82) is 0 Å². The van der Waals surface area contributed by atoms with Crippen LogP contribution in [0.2, 0.25) is 0 Å². The van der Waals surface area contributed by atoms with Crippen molar-refractivity contribution in [2.75, 3.05) is 19.8 Å². The van der Waals surface area contributed by atoms with Crippen molar-refractivity contribution in [1.82, 2.24) is 0 Å². The summed E-state index contributed by atoms with van der Waals surface area (Å²) in [6, 6.07) is 3.93. The second-order valence-electron chi connectivity index (χ2n) is 5.22. The molecule has 1 aromatic carbocycles. The molecule has 3 nitrogen and oxygen atoms in total. The summed E-state index contributed by atoms with van der Waals surface area (Å²) in [7, 11) is 0. The third-order valence-electron chi connectivity index (χ3n) is 2.86. The second kappa shape index (κ2) is 10.5. The van der Waals surface area contributed by atoms with Crippen molar-refractivity contribution in [2.24, 2.45) is 0 Å². The minimum Gasteiger partial charge on any atom is -0.486 e. The lowest BCUT2D eigenvalue weighted by Gasteiger charge is -2.15. The van der Waals surface area contributed by atoms with E-state index in [1.54, 1.807) is 18.2 Å². The van der Waals surface area contributed by atoms with E-state index in [2.05, 4.69) is 39.7 Å². The number of allylic oxidation sites excluding steroid dienone is 1. The maximum Gasteiger partial charge on any atom is 0.162 e. The third kappa shape index (κ3) is 6.57. The molecule has 0 bridgehead atoms. The Hall–Kier alpha value is -2.26. The van der Waals surface area contributed by atoms with Crippen molar-refractivity contribution < 1.29 is 14.2 Å². The molecule has 0 saturated heterocycles. The zero-order chi connectivity index (χ0) is 17.1. The maximum atomic E-state index is 5.72. The summed E-state index contributed by atoms with van der Waals surface area (Å²) in [6.07, 6.45) is 7.25. The lowest BCUT2D eigenvalue weighted by molar-refractivity contribution is 0.148. The van der Waals surface area contributed by atoms with Crippen molar-refractivity contribution in [3.8, 4) is 11.5 Å². The highest BCUT2D eigenvalue weighted by Gasteiger charge is 2.11. The van der Waals surface area contributed by atoms with Gasteiger partial charge in [0.25, 0.3) is 0 Å². The van der Waals surface area contributed by atoms with Crippen LogP contribution in [-0.2, 0) is 11.3 Å². The molecule has 0 saturated carbocycles. The standard InChI is InChI=1S/C20H26O3/c1-6-9-21-15-18-14-20(23-11-8-3)19(22-10-7-2)13-17(18)12-16(4)5/h6-8,12-14H,1-3,9-11,15H2,4-5H3. The predicted octanol–water partition coefficient (Wildman–Crippen LogP) is 4.94. The van der Waals surface area contributed by atoms with Crippen LogP contribution in [0.1, 0.15) is 25.0 Å². The van der Waals surface area contributed by atoms with Gasteiger partial charge >= 0.3 is 0 Å². The first kappa shape index (κ1) is 18.8. The van der Waals surface area contributed by atoms with E-state index in [1.165, 1.54) is 5.57 Å². The van der Waals surface area contributed by atoms with E-state index in [-0.39, 0.29) is 0 Å². The van der Waals surface area contributed by atoms with Crippen LogP contribution < -0.4 is 9.47 Å². The molecular weight excluding hydrogens is 288 g/mol. The van der Waals surface area contributed by atoms with Crippen molar-refractivity contribution in [3.05, 3.63) is 66.8 Å². The van der Waals surface area contributed by atoms with Crippen molar-refractivity contribution in [2.45, 2.75) is 20.5 Å². The maximum absolute atomic E-state index is 5.72. The Morgan fingerprint density at radius 2 is 1.48 bits per heavy atom. The molecule has 0 atom stereocenters. The molecule has 0 aliphatic carbocycles. The summed E-state index contributed by atoms with van der Waals surface area (Å²) in [4.78, 5) is 0. The summed E-state index contributed by atoms with van der Waals surface area (Å²) in [5.74, 6) is 1.36. The molecule has 23 heavy (non-hydrogen) atoms. The van der Waals surface area contributed by atoms with Crippen LogP contribution in [0, 0.1) is 0 Å². The highest BCUT2D eigenvalue weighted by atomic mass is 16.5. The topological polar surface area (TPSA) is 27.7 Å². The normalized spacial score (nSPS) is 9.83. The average molecular weight is 314 g/mol. The number of rotatable bonds is 11. The van der Waals surface area contributed by atoms with Gasteiger partial charge in [-0.05, 0) is 37.1 Å². The molecule has 3 heteroatoms. The van der Waals surface area contributed by atoms with Gasteiger partial charge in [0.2, 0.25) is 0 Å². The smallest absolute Gasteiger partial charge is 0.162 e. The van der Waals surface area contributed by atoms with Gasteiger partial charge in [-0.2, -0.15) is 0 Å². The van der Waals surface area contributed by atoms with Gasteiger partial charge in [-0.1, -0.05) is 43.0 Å². The van der Waals surface area contributed by atoms with Gasteiger partial charge in [0.1, 0.15) is 13.2 Å². The lowest BCUT2D eigenvalue weighted by Crippen LogP contribution is -2.03. The fourth-order valence-electron chi connectivity index (χ4n) is 1.96. The molecule has 1 aromatic rings. The zero-order valence-corrected chi connectivity index (χ0v) is 14.1. The molecule has 1 rings (SSSR count). The van der Waals surface area contributed by atoms with E-state index in [0.717, 1.165) is 11.1 Å². The third-order valence-corrected chi connectivity index (χ3v) is 2.86. The van der Waals surface area contributed by atoms with Crippen LogP contribution in [0.25, 0.3) is 6.08 Å². The number of ether oxygens (including phenoxy) is 3. The lowest BCUT2D eigenvalue weighted by atomic mass is 10.0. The summed E-state index contributed by atoms with van der Waals surface area (Å²) in [6.45, 7) is 17.0. The Morgan fingerprint density at radius 3 is 2.00 bits per heavy atom. The van der Waals surface area contributed by atoms with Gasteiger partial charge < -0.3 is 14.2 Å². The Balaban J connectivity index is 3.21. The summed E-state index contributed by atoms with van der Waals surface area (Å²) in [5.41, 5.74) is 3.29. The van der Waals surface area contributed by atoms with Gasteiger partial charge in [0, 0.05) is 0 Å². The number of hydrogen-bond donors (Lipinski definition) is 0. The zero-order valence-electron chi connectivity index (χ0n) is 14.1. The highest BCUT2D eigenvalue weighted by Crippen LogP contribution is 2.33. The van der Waals surface area contributed by atoms with Gasteiger partial charge in [-0.15, -0.1) is 6.58 Å². The molecule has 0 heterocycles. The Kier molecular flexibility index (Phi) is 8.55. The predicted molar refractivity (Wildman–Crippen MR) is 97.0 cm³/mol. The fourth-order valence-corrected chi connectivity index (χ4v) is 1.96. The SMILES string of the molecule is C=CCOCc1cc(OCC=C)c(OCC=C)cc1C=C(C)C. The Bertz CT molecular complexity index is 566. The van der Waals surface area contributed by atoms with Crippen molar-refractivity contribution >= 4 is 6.08 Å². The van der Waals surface area contributed by atoms with Gasteiger partial charge in [0.15, 0.2) is 11.5 Å².